The second-order valence-corrected chi connectivity index (χ2v) is 8.40. The highest BCUT2D eigenvalue weighted by Gasteiger charge is 2.27. The molecule has 0 bridgehead atoms. The lowest BCUT2D eigenvalue weighted by Gasteiger charge is -2.34. The average molecular weight is 316 g/mol. The molecular weight excluding hydrogens is 284 g/mol. The summed E-state index contributed by atoms with van der Waals surface area (Å²) in [6, 6.07) is 1.96. The highest BCUT2D eigenvalue weighted by Crippen LogP contribution is 2.31. The molecule has 0 unspecified atom stereocenters. The van der Waals surface area contributed by atoms with Gasteiger partial charge in [-0.3, -0.25) is 4.40 Å². The Morgan fingerprint density at radius 1 is 1.13 bits per heavy atom. The van der Waals surface area contributed by atoms with Crippen molar-refractivity contribution in [1.82, 2.24) is 14.4 Å². The van der Waals surface area contributed by atoms with E-state index in [0.29, 0.717) is 0 Å². The van der Waals surface area contributed by atoms with E-state index in [9.17, 15) is 0 Å². The Balaban J connectivity index is 2.31. The first-order chi connectivity index (χ1) is 10.7. The molecule has 4 heteroatoms. The zero-order valence-corrected chi connectivity index (χ0v) is 15.6. The molecule has 0 spiro atoms. The lowest BCUT2D eigenvalue weighted by Crippen LogP contribution is -2.36. The highest BCUT2D eigenvalue weighted by molar-refractivity contribution is 5.53. The second-order valence-electron chi connectivity index (χ2n) is 8.40. The van der Waals surface area contributed by atoms with Crippen LogP contribution in [-0.2, 0) is 6.42 Å². The Labute approximate surface area is 140 Å². The molecule has 23 heavy (non-hydrogen) atoms. The monoisotopic (exact) mass is 316 g/mol. The highest BCUT2D eigenvalue weighted by atomic mass is 15.2. The number of hydrogen-bond donors (Lipinski definition) is 1. The predicted octanol–water partition coefficient (Wildman–Crippen LogP) is 5.09. The number of hydrogen-bond acceptors (Lipinski definition) is 3. The number of unbranched alkanes of at least 4 members (excludes halogenated alkanes) is 2. The van der Waals surface area contributed by atoms with Crippen molar-refractivity contribution >= 4 is 11.6 Å². The quantitative estimate of drug-likeness (QED) is 0.724. The van der Waals surface area contributed by atoms with Crippen LogP contribution in [0.1, 0.15) is 72.9 Å². The second kappa shape index (κ2) is 6.90. The van der Waals surface area contributed by atoms with Crippen LogP contribution in [0.3, 0.4) is 0 Å². The summed E-state index contributed by atoms with van der Waals surface area (Å²) in [7, 11) is 0. The molecule has 1 N–H and O–H groups in total. The zero-order chi connectivity index (χ0) is 17.1. The predicted molar refractivity (Wildman–Crippen MR) is 98.0 cm³/mol. The van der Waals surface area contributed by atoms with Crippen LogP contribution in [0, 0.1) is 5.41 Å². The molecule has 2 heterocycles. The maximum absolute atomic E-state index is 4.75. The number of imidazole rings is 1. The summed E-state index contributed by atoms with van der Waals surface area (Å²) in [6.45, 7) is 13.6. The minimum atomic E-state index is 0.00353. The van der Waals surface area contributed by atoms with Crippen molar-refractivity contribution in [1.29, 1.82) is 0 Å². The van der Waals surface area contributed by atoms with Crippen LogP contribution in [-0.4, -0.2) is 19.9 Å². The molecule has 0 atom stereocenters. The van der Waals surface area contributed by atoms with E-state index in [2.05, 4.69) is 56.2 Å². The van der Waals surface area contributed by atoms with Crippen LogP contribution in [0.5, 0.6) is 0 Å². The van der Waals surface area contributed by atoms with E-state index in [1.807, 2.05) is 18.5 Å². The van der Waals surface area contributed by atoms with Gasteiger partial charge in [0.2, 0.25) is 5.78 Å². The summed E-state index contributed by atoms with van der Waals surface area (Å²) in [5, 5.41) is 3.75. The lowest BCUT2D eigenvalue weighted by molar-refractivity contribution is 0.301. The molecule has 0 aliphatic heterocycles. The molecule has 0 amide bonds. The fourth-order valence-corrected chi connectivity index (χ4v) is 3.47. The van der Waals surface area contributed by atoms with Crippen LogP contribution in [0.4, 0.5) is 5.82 Å². The Morgan fingerprint density at radius 3 is 2.52 bits per heavy atom. The minimum absolute atomic E-state index is 0.00353. The third-order valence-electron chi connectivity index (χ3n) is 3.92. The van der Waals surface area contributed by atoms with Gasteiger partial charge in [-0.05, 0) is 44.6 Å². The van der Waals surface area contributed by atoms with E-state index in [1.165, 1.54) is 19.3 Å². The molecule has 0 radical (unpaired) electrons. The first-order valence-electron chi connectivity index (χ1n) is 8.82. The normalized spacial score (nSPS) is 12.8. The number of fused-ring (bicyclic) bond motifs is 1. The molecule has 0 fully saturated rings. The molecular formula is C19H32N4. The van der Waals surface area contributed by atoms with E-state index in [4.69, 9.17) is 4.98 Å². The van der Waals surface area contributed by atoms with Gasteiger partial charge in [0.05, 0.1) is 5.69 Å². The van der Waals surface area contributed by atoms with E-state index in [-0.39, 0.29) is 11.0 Å². The minimum Gasteiger partial charge on any atom is -0.365 e. The van der Waals surface area contributed by atoms with Crippen molar-refractivity contribution in [3.8, 4) is 0 Å². The van der Waals surface area contributed by atoms with Gasteiger partial charge in [0.15, 0.2) is 0 Å². The van der Waals surface area contributed by atoms with Gasteiger partial charge >= 0.3 is 0 Å². The van der Waals surface area contributed by atoms with Gasteiger partial charge in [-0.1, -0.05) is 40.5 Å². The Morgan fingerprint density at radius 2 is 1.87 bits per heavy atom. The van der Waals surface area contributed by atoms with Crippen molar-refractivity contribution in [2.45, 2.75) is 79.2 Å². The SMILES string of the molecule is CCCCCc1nc2ncccn2c1NC(C)(C)CC(C)(C)C. The van der Waals surface area contributed by atoms with Crippen LogP contribution >= 0.6 is 0 Å². The smallest absolute Gasteiger partial charge is 0.235 e. The van der Waals surface area contributed by atoms with E-state index in [0.717, 1.165) is 30.1 Å². The maximum atomic E-state index is 4.75. The largest absolute Gasteiger partial charge is 0.365 e. The number of anilines is 1. The van der Waals surface area contributed by atoms with Gasteiger partial charge in [0.25, 0.3) is 0 Å². The van der Waals surface area contributed by atoms with Gasteiger partial charge in [-0.25, -0.2) is 9.97 Å². The summed E-state index contributed by atoms with van der Waals surface area (Å²) in [5.74, 6) is 1.89. The number of aromatic nitrogens is 3. The van der Waals surface area contributed by atoms with E-state index < -0.39 is 0 Å². The zero-order valence-electron chi connectivity index (χ0n) is 15.6. The first-order valence-corrected chi connectivity index (χ1v) is 8.82. The van der Waals surface area contributed by atoms with Gasteiger partial charge in [0, 0.05) is 17.9 Å². The number of rotatable bonds is 7. The van der Waals surface area contributed by atoms with E-state index >= 15 is 0 Å². The van der Waals surface area contributed by atoms with Crippen LogP contribution < -0.4 is 5.32 Å². The molecule has 128 valence electrons. The Bertz CT molecular complexity index is 634. The fourth-order valence-electron chi connectivity index (χ4n) is 3.47. The average Bonchev–Trinajstić information content (AvgIpc) is 2.74. The molecule has 4 nitrogen and oxygen atoms in total. The van der Waals surface area contributed by atoms with Gasteiger partial charge in [0.1, 0.15) is 5.82 Å². The van der Waals surface area contributed by atoms with Crippen LogP contribution in [0.25, 0.3) is 5.78 Å². The maximum Gasteiger partial charge on any atom is 0.235 e. The first kappa shape index (κ1) is 17.8. The third-order valence-corrected chi connectivity index (χ3v) is 3.92. The Hall–Kier alpha value is -1.58. The summed E-state index contributed by atoms with van der Waals surface area (Å²) < 4.78 is 2.09. The topological polar surface area (TPSA) is 42.2 Å². The van der Waals surface area contributed by atoms with Crippen molar-refractivity contribution in [3.05, 3.63) is 24.2 Å². The standard InChI is InChI=1S/C19H32N4/c1-7-8-9-11-15-16(22-19(5,6)14-18(2,3)4)23-13-10-12-20-17(23)21-15/h10,12-13,22H,7-9,11,14H2,1-6H3. The van der Waals surface area contributed by atoms with Gasteiger partial charge in [-0.15, -0.1) is 0 Å². The third kappa shape index (κ3) is 4.95. The van der Waals surface area contributed by atoms with Crippen molar-refractivity contribution in [3.63, 3.8) is 0 Å². The van der Waals surface area contributed by atoms with Crippen molar-refractivity contribution in [2.24, 2.45) is 5.41 Å². The molecule has 2 aromatic rings. The Kier molecular flexibility index (Phi) is 5.33. The molecule has 0 saturated carbocycles. The summed E-state index contributed by atoms with van der Waals surface area (Å²) in [5.41, 5.74) is 1.42. The van der Waals surface area contributed by atoms with Crippen LogP contribution in [0.2, 0.25) is 0 Å². The molecule has 0 aliphatic carbocycles. The molecule has 0 saturated heterocycles. The van der Waals surface area contributed by atoms with Gasteiger partial charge in [-0.2, -0.15) is 0 Å². The molecule has 2 aromatic heterocycles. The van der Waals surface area contributed by atoms with Crippen molar-refractivity contribution < 1.29 is 0 Å². The van der Waals surface area contributed by atoms with Crippen LogP contribution in [0.15, 0.2) is 18.5 Å². The molecule has 0 aliphatic rings. The van der Waals surface area contributed by atoms with E-state index in [1.54, 1.807) is 0 Å². The molecule has 0 aromatic carbocycles. The molecule has 2 rings (SSSR count). The summed E-state index contributed by atoms with van der Waals surface area (Å²) in [4.78, 5) is 9.16. The number of nitrogens with one attached hydrogen (secondary N) is 1. The summed E-state index contributed by atoms with van der Waals surface area (Å²) in [6.07, 6.45) is 9.59. The van der Waals surface area contributed by atoms with Gasteiger partial charge < -0.3 is 5.32 Å². The lowest BCUT2D eigenvalue weighted by atomic mass is 9.82. The number of nitrogens with zero attached hydrogens (tertiary/aromatic N) is 3. The number of aryl methyl sites for hydroxylation is 1. The summed E-state index contributed by atoms with van der Waals surface area (Å²) >= 11 is 0. The fraction of sp³-hybridized carbons (Fsp3) is 0.684. The van der Waals surface area contributed by atoms with Crippen molar-refractivity contribution in [2.75, 3.05) is 5.32 Å².